The first-order valence-electron chi connectivity index (χ1n) is 16.8. The van der Waals surface area contributed by atoms with Crippen molar-refractivity contribution in [2.24, 2.45) is 67.6 Å². The van der Waals surface area contributed by atoms with Gasteiger partial charge in [0.2, 0.25) is 0 Å². The second-order valence-electron chi connectivity index (χ2n) is 16.9. The van der Waals surface area contributed by atoms with E-state index in [4.69, 9.17) is 4.99 Å². The molecule has 1 aromatic rings. The molecule has 1 N–H and O–H groups in total. The standard InChI is InChI=1S/C37H53F2NO2/c1-22(2)25-12-17-37(32(41)42)19-18-35(6)26(31(25)37)10-11-29-34(5)15-14-30(33(3,4)28(34)13-16-36(29,35)7)40-21-23-8-9-24(38)20-27(23)39/h8-9,20-22,25-26,28-31H,10-19H2,1-7H3,(H,41,42)/t25-,26+,28-,29+,30?,31+,34-,35+,36+,37-/m0/s1. The molecule has 0 aliphatic heterocycles. The number of benzene rings is 1. The predicted octanol–water partition coefficient (Wildman–Crippen LogP) is 9.57. The van der Waals surface area contributed by atoms with Crippen molar-refractivity contribution in [2.45, 2.75) is 119 Å². The second-order valence-corrected chi connectivity index (χ2v) is 16.9. The molecule has 3 nitrogen and oxygen atoms in total. The number of aliphatic carboxylic acids is 1. The summed E-state index contributed by atoms with van der Waals surface area (Å²) < 4.78 is 27.8. The van der Waals surface area contributed by atoms with E-state index in [9.17, 15) is 18.7 Å². The van der Waals surface area contributed by atoms with Gasteiger partial charge in [-0.1, -0.05) is 48.5 Å². The molecule has 5 heteroatoms. The lowest BCUT2D eigenvalue weighted by Gasteiger charge is -2.72. The van der Waals surface area contributed by atoms with Crippen LogP contribution in [0.1, 0.15) is 118 Å². The van der Waals surface area contributed by atoms with Gasteiger partial charge < -0.3 is 5.11 Å². The lowest BCUT2D eigenvalue weighted by atomic mass is 9.32. The van der Waals surface area contributed by atoms with Crippen LogP contribution < -0.4 is 0 Å². The minimum atomic E-state index is -0.564. The maximum Gasteiger partial charge on any atom is 0.309 e. The van der Waals surface area contributed by atoms with Crippen LogP contribution in [0.4, 0.5) is 8.78 Å². The van der Waals surface area contributed by atoms with Crippen LogP contribution in [-0.2, 0) is 4.79 Å². The molecular formula is C37H53F2NO2. The first kappa shape index (κ1) is 30.3. The Balaban J connectivity index is 1.30. The number of carboxylic acids is 1. The smallest absolute Gasteiger partial charge is 0.309 e. The summed E-state index contributed by atoms with van der Waals surface area (Å²) in [4.78, 5) is 17.9. The molecular weight excluding hydrogens is 528 g/mol. The van der Waals surface area contributed by atoms with Gasteiger partial charge >= 0.3 is 5.97 Å². The van der Waals surface area contributed by atoms with Crippen molar-refractivity contribution in [2.75, 3.05) is 0 Å². The maximum atomic E-state index is 14.4. The Hall–Kier alpha value is -1.78. The molecule has 5 fully saturated rings. The van der Waals surface area contributed by atoms with Crippen LogP contribution >= 0.6 is 0 Å². The van der Waals surface area contributed by atoms with E-state index >= 15 is 0 Å². The number of halogens is 2. The number of rotatable bonds is 4. The van der Waals surface area contributed by atoms with Crippen molar-refractivity contribution in [3.63, 3.8) is 0 Å². The highest BCUT2D eigenvalue weighted by Crippen LogP contribution is 2.77. The summed E-state index contributed by atoms with van der Waals surface area (Å²) in [6.07, 6.45) is 12.3. The molecule has 0 spiro atoms. The van der Waals surface area contributed by atoms with Gasteiger partial charge in [0.05, 0.1) is 11.5 Å². The summed E-state index contributed by atoms with van der Waals surface area (Å²) in [5.41, 5.74) is 0.351. The fourth-order valence-electron chi connectivity index (χ4n) is 12.8. The van der Waals surface area contributed by atoms with Crippen molar-refractivity contribution in [3.05, 3.63) is 35.4 Å². The zero-order chi connectivity index (χ0) is 30.5. The quantitative estimate of drug-likeness (QED) is 0.360. The van der Waals surface area contributed by atoms with Crippen LogP contribution in [0.2, 0.25) is 0 Å². The zero-order valence-corrected chi connectivity index (χ0v) is 27.0. The number of fused-ring (bicyclic) bond motifs is 7. The molecule has 0 amide bonds. The summed E-state index contributed by atoms with van der Waals surface area (Å²) in [6, 6.07) is 3.82. The van der Waals surface area contributed by atoms with Crippen molar-refractivity contribution in [1.29, 1.82) is 0 Å². The van der Waals surface area contributed by atoms with E-state index in [1.807, 2.05) is 0 Å². The molecule has 0 heterocycles. The van der Waals surface area contributed by atoms with Crippen molar-refractivity contribution in [1.82, 2.24) is 0 Å². The number of carboxylic acid groups (broad SMARTS) is 1. The molecule has 5 aliphatic rings. The summed E-state index contributed by atoms with van der Waals surface area (Å²) in [5, 5.41) is 10.6. The Morgan fingerprint density at radius 2 is 1.64 bits per heavy atom. The van der Waals surface area contributed by atoms with Gasteiger partial charge in [0, 0.05) is 17.8 Å². The van der Waals surface area contributed by atoms with Gasteiger partial charge in [0.25, 0.3) is 0 Å². The Kier molecular flexibility index (Phi) is 7.10. The molecule has 0 bridgehead atoms. The normalized spacial score (nSPS) is 46.1. The fraction of sp³-hybridized carbons (Fsp3) is 0.784. The first-order valence-corrected chi connectivity index (χ1v) is 16.8. The Labute approximate surface area is 252 Å². The molecule has 6 rings (SSSR count). The maximum absolute atomic E-state index is 14.4. The van der Waals surface area contributed by atoms with Crippen molar-refractivity contribution >= 4 is 12.2 Å². The summed E-state index contributed by atoms with van der Waals surface area (Å²) in [7, 11) is 0. The SMILES string of the molecule is CC(C)[C@@H]1CC[C@]2(C(=O)O)CC[C@]3(C)[C@H](CC[C@@H]4[C@@]5(C)CCC(N=Cc6ccc(F)cc6F)C(C)(C)[C@@H]5CC[C@]43C)[C@@H]12. The van der Waals surface area contributed by atoms with Crippen LogP contribution in [0, 0.1) is 74.2 Å². The van der Waals surface area contributed by atoms with Crippen LogP contribution in [-0.4, -0.2) is 23.3 Å². The minimum Gasteiger partial charge on any atom is -0.481 e. The third-order valence-electron chi connectivity index (χ3n) is 15.1. The van der Waals surface area contributed by atoms with Gasteiger partial charge in [0.1, 0.15) is 11.6 Å². The van der Waals surface area contributed by atoms with E-state index in [2.05, 4.69) is 48.5 Å². The van der Waals surface area contributed by atoms with Crippen molar-refractivity contribution in [3.8, 4) is 0 Å². The minimum absolute atomic E-state index is 0.0295. The highest BCUT2D eigenvalue weighted by molar-refractivity contribution is 5.80. The van der Waals surface area contributed by atoms with Crippen LogP contribution in [0.25, 0.3) is 0 Å². The molecule has 0 aromatic heterocycles. The molecule has 1 aromatic carbocycles. The lowest BCUT2D eigenvalue weighted by molar-refractivity contribution is -0.241. The van der Waals surface area contributed by atoms with Gasteiger partial charge in [0.15, 0.2) is 0 Å². The summed E-state index contributed by atoms with van der Waals surface area (Å²) >= 11 is 0. The molecule has 1 unspecified atom stereocenters. The molecule has 0 saturated heterocycles. The highest BCUT2D eigenvalue weighted by Gasteiger charge is 2.72. The molecule has 42 heavy (non-hydrogen) atoms. The predicted molar refractivity (Wildman–Crippen MR) is 164 cm³/mol. The van der Waals surface area contributed by atoms with Crippen LogP contribution in [0.15, 0.2) is 23.2 Å². The molecule has 5 saturated carbocycles. The number of carbonyl (C=O) groups is 1. The Bertz CT molecular complexity index is 1270. The van der Waals surface area contributed by atoms with Crippen molar-refractivity contribution < 1.29 is 18.7 Å². The van der Waals surface area contributed by atoms with E-state index in [1.165, 1.54) is 25.0 Å². The van der Waals surface area contributed by atoms with Gasteiger partial charge in [-0.2, -0.15) is 0 Å². The average molecular weight is 582 g/mol. The number of hydrogen-bond donors (Lipinski definition) is 1. The average Bonchev–Trinajstić information content (AvgIpc) is 3.31. The third kappa shape index (κ3) is 3.99. The van der Waals surface area contributed by atoms with Crippen LogP contribution in [0.5, 0.6) is 0 Å². The number of aliphatic imine (C=N–C) groups is 1. The fourth-order valence-corrected chi connectivity index (χ4v) is 12.8. The molecule has 232 valence electrons. The molecule has 5 aliphatic carbocycles. The molecule has 10 atom stereocenters. The van der Waals surface area contributed by atoms with Gasteiger partial charge in [-0.15, -0.1) is 0 Å². The van der Waals surface area contributed by atoms with E-state index in [1.54, 1.807) is 6.21 Å². The first-order chi connectivity index (χ1) is 19.6. The summed E-state index contributed by atoms with van der Waals surface area (Å²) in [5.74, 6) is 1.30. The van der Waals surface area contributed by atoms with E-state index in [0.29, 0.717) is 41.1 Å². The van der Waals surface area contributed by atoms with E-state index in [0.717, 1.165) is 57.4 Å². The monoisotopic (exact) mass is 581 g/mol. The molecule has 0 radical (unpaired) electrons. The summed E-state index contributed by atoms with van der Waals surface area (Å²) in [6.45, 7) is 17.1. The number of nitrogens with zero attached hydrogens (tertiary/aromatic N) is 1. The van der Waals surface area contributed by atoms with E-state index < -0.39 is 23.0 Å². The van der Waals surface area contributed by atoms with Gasteiger partial charge in [-0.3, -0.25) is 9.79 Å². The van der Waals surface area contributed by atoms with Gasteiger partial charge in [-0.05, 0) is 134 Å². The largest absolute Gasteiger partial charge is 0.481 e. The number of hydrogen-bond acceptors (Lipinski definition) is 2. The Morgan fingerprint density at radius 1 is 0.905 bits per heavy atom. The highest BCUT2D eigenvalue weighted by atomic mass is 19.1. The second kappa shape index (κ2) is 9.86. The third-order valence-corrected chi connectivity index (χ3v) is 15.1. The topological polar surface area (TPSA) is 49.7 Å². The van der Waals surface area contributed by atoms with E-state index in [-0.39, 0.29) is 27.7 Å². The lowest BCUT2D eigenvalue weighted by Crippen LogP contribution is -2.67. The van der Waals surface area contributed by atoms with Gasteiger partial charge in [-0.25, -0.2) is 8.78 Å². The van der Waals surface area contributed by atoms with Crippen LogP contribution in [0.3, 0.4) is 0 Å². The Morgan fingerprint density at radius 3 is 2.31 bits per heavy atom. The zero-order valence-electron chi connectivity index (χ0n) is 27.0.